The molecule has 0 radical (unpaired) electrons. The Kier molecular flexibility index (Phi) is 6.87. The first-order valence-corrected chi connectivity index (χ1v) is 16.0. The van der Waals surface area contributed by atoms with Crippen molar-refractivity contribution in [2.24, 2.45) is 0 Å². The molecular weight excluding hydrogens is 503 g/mol. The van der Waals surface area contributed by atoms with Crippen molar-refractivity contribution in [3.63, 3.8) is 0 Å². The van der Waals surface area contributed by atoms with E-state index in [1.165, 1.54) is 31.9 Å². The molecule has 5 aromatic carbocycles. The molecule has 4 heteroatoms. The lowest BCUT2D eigenvalue weighted by atomic mass is 9.78. The van der Waals surface area contributed by atoms with Gasteiger partial charge in [0.1, 0.15) is 0 Å². The maximum Gasteiger partial charge on any atom is 0.494 e. The van der Waals surface area contributed by atoms with Crippen molar-refractivity contribution in [2.75, 3.05) is 0 Å². The van der Waals surface area contributed by atoms with Crippen molar-refractivity contribution in [3.8, 4) is 11.1 Å². The van der Waals surface area contributed by atoms with Crippen molar-refractivity contribution in [1.82, 2.24) is 0 Å². The predicted molar refractivity (Wildman–Crippen MR) is 171 cm³/mol. The summed E-state index contributed by atoms with van der Waals surface area (Å²) in [6.45, 7) is 8.41. The van der Waals surface area contributed by atoms with Crippen LogP contribution in [0.15, 0.2) is 140 Å². The first-order valence-electron chi connectivity index (χ1n) is 14.0. The molecule has 1 heterocycles. The van der Waals surface area contributed by atoms with Crippen LogP contribution in [0.2, 0.25) is 0 Å². The number of rotatable bonds is 6. The average molecular weight is 539 g/mol. The molecule has 0 N–H and O–H groups in total. The molecule has 6 rings (SSSR count). The molecular formula is C36H35BO2Si. The zero-order chi connectivity index (χ0) is 27.8. The van der Waals surface area contributed by atoms with Gasteiger partial charge in [-0.2, -0.15) is 0 Å². The molecule has 1 saturated heterocycles. The molecule has 198 valence electrons. The van der Waals surface area contributed by atoms with Gasteiger partial charge in [-0.15, -0.1) is 0 Å². The highest BCUT2D eigenvalue weighted by Gasteiger charge is 2.51. The van der Waals surface area contributed by atoms with Crippen molar-refractivity contribution in [1.29, 1.82) is 0 Å². The Morgan fingerprint density at radius 3 is 1.45 bits per heavy atom. The Hall–Kier alpha value is -3.70. The normalized spacial score (nSPS) is 16.1. The molecule has 0 amide bonds. The fourth-order valence-electron chi connectivity index (χ4n) is 5.92. The van der Waals surface area contributed by atoms with Crippen LogP contribution in [0.4, 0.5) is 0 Å². The summed E-state index contributed by atoms with van der Waals surface area (Å²) in [4.78, 5) is 0. The fourth-order valence-corrected chi connectivity index (χ4v) is 10.9. The zero-order valence-electron chi connectivity index (χ0n) is 23.7. The second-order valence-corrected chi connectivity index (χ2v) is 15.4. The Morgan fingerprint density at radius 1 is 0.500 bits per heavy atom. The van der Waals surface area contributed by atoms with E-state index in [-0.39, 0.29) is 11.2 Å². The van der Waals surface area contributed by atoms with Gasteiger partial charge in [0.2, 0.25) is 0 Å². The van der Waals surface area contributed by atoms with Gasteiger partial charge in [-0.25, -0.2) is 0 Å². The third-order valence-electron chi connectivity index (χ3n) is 8.67. The van der Waals surface area contributed by atoms with Gasteiger partial charge in [0, 0.05) is 0 Å². The SMILES string of the molecule is CC1(C)OB(c2cccc(-c3ccccc3[Si](c3ccccc3)(c3ccccc3)c3ccccc3)c2)OC1(C)C. The number of hydrogen-bond donors (Lipinski definition) is 0. The second-order valence-electron chi connectivity index (χ2n) is 11.6. The average Bonchev–Trinajstić information content (AvgIpc) is 3.22. The van der Waals surface area contributed by atoms with Gasteiger partial charge in [-0.1, -0.05) is 140 Å². The van der Waals surface area contributed by atoms with Crippen LogP contribution in [-0.4, -0.2) is 26.4 Å². The minimum atomic E-state index is -2.68. The van der Waals surface area contributed by atoms with Gasteiger partial charge in [-0.05, 0) is 65.0 Å². The van der Waals surface area contributed by atoms with Crippen LogP contribution in [-0.2, 0) is 9.31 Å². The summed E-state index contributed by atoms with van der Waals surface area (Å²) in [5.74, 6) is 0. The van der Waals surface area contributed by atoms with E-state index in [2.05, 4.69) is 167 Å². The third-order valence-corrected chi connectivity index (χ3v) is 13.5. The summed E-state index contributed by atoms with van der Waals surface area (Å²) in [5.41, 5.74) is 2.67. The third kappa shape index (κ3) is 4.47. The Morgan fingerprint density at radius 2 is 0.950 bits per heavy atom. The lowest BCUT2D eigenvalue weighted by Gasteiger charge is -2.36. The molecule has 0 aliphatic carbocycles. The minimum absolute atomic E-state index is 0.387. The second kappa shape index (κ2) is 10.4. The smallest absolute Gasteiger partial charge is 0.399 e. The van der Waals surface area contributed by atoms with E-state index >= 15 is 0 Å². The van der Waals surface area contributed by atoms with Crippen LogP contribution in [0.25, 0.3) is 11.1 Å². The molecule has 0 atom stereocenters. The van der Waals surface area contributed by atoms with Gasteiger partial charge < -0.3 is 9.31 Å². The van der Waals surface area contributed by atoms with E-state index in [0.717, 1.165) is 5.46 Å². The van der Waals surface area contributed by atoms with E-state index in [1.807, 2.05) is 0 Å². The van der Waals surface area contributed by atoms with Crippen LogP contribution in [0.3, 0.4) is 0 Å². The van der Waals surface area contributed by atoms with Crippen molar-refractivity contribution in [3.05, 3.63) is 140 Å². The van der Waals surface area contributed by atoms with Gasteiger partial charge in [0.05, 0.1) is 11.2 Å². The number of benzene rings is 5. The molecule has 1 aliphatic heterocycles. The highest BCUT2D eigenvalue weighted by Crippen LogP contribution is 2.36. The standard InChI is InChI=1S/C36H35BO2Si/c1-35(2)36(3,4)39-37(38-35)29-18-16-17-28(27-29)33-25-14-15-26-34(33)40(30-19-8-5-9-20-30,31-21-10-6-11-22-31)32-23-12-7-13-24-32/h5-27H,1-4H3. The zero-order valence-corrected chi connectivity index (χ0v) is 24.7. The minimum Gasteiger partial charge on any atom is -0.399 e. The Labute approximate surface area is 239 Å². The van der Waals surface area contributed by atoms with Crippen molar-refractivity contribution < 1.29 is 9.31 Å². The molecule has 0 aromatic heterocycles. The molecule has 1 fully saturated rings. The fraction of sp³-hybridized carbons (Fsp3) is 0.167. The predicted octanol–water partition coefficient (Wildman–Crippen LogP) is 5.03. The molecule has 0 bridgehead atoms. The van der Waals surface area contributed by atoms with E-state index in [4.69, 9.17) is 9.31 Å². The maximum atomic E-state index is 6.43. The number of hydrogen-bond acceptors (Lipinski definition) is 2. The first-order chi connectivity index (χ1) is 19.3. The van der Waals surface area contributed by atoms with Crippen LogP contribution in [0.5, 0.6) is 0 Å². The van der Waals surface area contributed by atoms with Crippen molar-refractivity contribution >= 4 is 41.4 Å². The Balaban J connectivity index is 1.59. The summed E-state index contributed by atoms with van der Waals surface area (Å²) in [7, 11) is -3.09. The highest BCUT2D eigenvalue weighted by molar-refractivity contribution is 7.20. The van der Waals surface area contributed by atoms with Crippen LogP contribution < -0.4 is 26.2 Å². The monoisotopic (exact) mass is 538 g/mol. The first kappa shape index (κ1) is 26.5. The largest absolute Gasteiger partial charge is 0.494 e. The van der Waals surface area contributed by atoms with Gasteiger partial charge in [0.25, 0.3) is 0 Å². The quantitative estimate of drug-likeness (QED) is 0.223. The summed E-state index contributed by atoms with van der Waals surface area (Å²) in [5, 5.41) is 5.45. The summed E-state index contributed by atoms with van der Waals surface area (Å²) >= 11 is 0. The molecule has 1 aliphatic rings. The molecule has 0 unspecified atom stereocenters. The van der Waals surface area contributed by atoms with Crippen LogP contribution >= 0.6 is 0 Å². The van der Waals surface area contributed by atoms with E-state index in [1.54, 1.807) is 0 Å². The molecule has 2 nitrogen and oxygen atoms in total. The topological polar surface area (TPSA) is 18.5 Å². The lowest BCUT2D eigenvalue weighted by Crippen LogP contribution is -2.75. The van der Waals surface area contributed by atoms with Gasteiger partial charge in [0.15, 0.2) is 8.07 Å². The summed E-state index contributed by atoms with van der Waals surface area (Å²) in [6.07, 6.45) is 0. The van der Waals surface area contributed by atoms with Crippen LogP contribution in [0, 0.1) is 0 Å². The molecule has 0 saturated carbocycles. The Bertz CT molecular complexity index is 1490. The summed E-state index contributed by atoms with van der Waals surface area (Å²) < 4.78 is 12.9. The van der Waals surface area contributed by atoms with E-state index in [9.17, 15) is 0 Å². The molecule has 5 aromatic rings. The van der Waals surface area contributed by atoms with Gasteiger partial charge in [-0.3, -0.25) is 0 Å². The lowest BCUT2D eigenvalue weighted by molar-refractivity contribution is 0.00578. The van der Waals surface area contributed by atoms with Crippen molar-refractivity contribution in [2.45, 2.75) is 38.9 Å². The molecule has 0 spiro atoms. The highest BCUT2D eigenvalue weighted by atomic mass is 28.3. The maximum absolute atomic E-state index is 6.43. The van der Waals surface area contributed by atoms with Crippen LogP contribution in [0.1, 0.15) is 27.7 Å². The van der Waals surface area contributed by atoms with E-state index < -0.39 is 15.2 Å². The molecule has 40 heavy (non-hydrogen) atoms. The van der Waals surface area contributed by atoms with E-state index in [0.29, 0.717) is 0 Å². The summed E-state index contributed by atoms with van der Waals surface area (Å²) in [6, 6.07) is 50.9. The van der Waals surface area contributed by atoms with Gasteiger partial charge >= 0.3 is 7.12 Å².